The number of allylic oxidation sites excluding steroid dienone is 11. The maximum absolute atomic E-state index is 4.06. The summed E-state index contributed by atoms with van der Waals surface area (Å²) in [5, 5.41) is 4.06. The summed E-state index contributed by atoms with van der Waals surface area (Å²) in [5.41, 5.74) is 21.0. The molecule has 0 saturated heterocycles. The van der Waals surface area contributed by atoms with Crippen LogP contribution in [0, 0.1) is 5.92 Å². The van der Waals surface area contributed by atoms with Crippen LogP contribution in [0.5, 0.6) is 0 Å². The molecular weight excluding hydrogens is 855 g/mol. The molecule has 346 valence electrons. The van der Waals surface area contributed by atoms with Crippen molar-refractivity contribution in [3.63, 3.8) is 0 Å². The Kier molecular flexibility index (Phi) is 12.7. The average molecular weight is 916 g/mol. The first kappa shape index (κ1) is 45.4. The van der Waals surface area contributed by atoms with Crippen molar-refractivity contribution >= 4 is 11.3 Å². The molecule has 71 heavy (non-hydrogen) atoms. The summed E-state index contributed by atoms with van der Waals surface area (Å²) in [6.07, 6.45) is 24.5. The smallest absolute Gasteiger partial charge is 0.0716 e. The van der Waals surface area contributed by atoms with Gasteiger partial charge in [0, 0.05) is 11.1 Å². The molecule has 1 nitrogen and oxygen atoms in total. The molecule has 0 heterocycles. The molecule has 4 aliphatic rings. The van der Waals surface area contributed by atoms with E-state index in [0.29, 0.717) is 0 Å². The molecule has 2 unspecified atom stereocenters. The molecule has 1 spiro atoms. The van der Waals surface area contributed by atoms with E-state index in [0.717, 1.165) is 24.9 Å². The molecule has 1 N–H and O–H groups in total. The molecule has 0 aliphatic heterocycles. The van der Waals surface area contributed by atoms with Crippen molar-refractivity contribution in [3.8, 4) is 33.4 Å². The monoisotopic (exact) mass is 915 g/mol. The molecule has 2 atom stereocenters. The van der Waals surface area contributed by atoms with Gasteiger partial charge in [0.2, 0.25) is 0 Å². The van der Waals surface area contributed by atoms with Crippen LogP contribution in [-0.2, 0) is 10.8 Å². The zero-order valence-electron chi connectivity index (χ0n) is 41.1. The third-order valence-corrected chi connectivity index (χ3v) is 15.4. The highest BCUT2D eigenvalue weighted by Crippen LogP contribution is 2.66. The summed E-state index contributed by atoms with van der Waals surface area (Å²) in [6, 6.07) is 76.4. The van der Waals surface area contributed by atoms with E-state index < -0.39 is 5.41 Å². The molecule has 1 heteroatoms. The van der Waals surface area contributed by atoms with Crippen LogP contribution in [-0.4, -0.2) is 0 Å². The highest BCUT2D eigenvalue weighted by molar-refractivity contribution is 5.96. The van der Waals surface area contributed by atoms with E-state index in [4.69, 9.17) is 0 Å². The summed E-state index contributed by atoms with van der Waals surface area (Å²) < 4.78 is 0. The minimum absolute atomic E-state index is 0.148. The fraction of sp³-hybridized carbons (Fsp3) is 0.143. The van der Waals surface area contributed by atoms with Gasteiger partial charge in [-0.15, -0.1) is 0 Å². The van der Waals surface area contributed by atoms with E-state index in [1.54, 1.807) is 0 Å². The van der Waals surface area contributed by atoms with Gasteiger partial charge in [-0.2, -0.15) is 0 Å². The summed E-state index contributed by atoms with van der Waals surface area (Å²) in [7, 11) is 0. The van der Waals surface area contributed by atoms with Crippen LogP contribution in [0.15, 0.2) is 272 Å². The Hall–Kier alpha value is -8.00. The standard InChI is InChI=1S/C68H55N.C2H6/c1-2-60-59(47-66(54-41-39-51(40-42-54)49-23-9-4-10-24-49)69-57-45-43-53(44-46-57)52-37-35-50(36-38-52)48-21-7-3-8-22-48)58-29-15-16-30-61(58)68(60)64-33-19-17-31-62(64)67(55-25-11-5-12-26-55,56-27-13-6-14-28-56)63-32-18-20-34-65(63)68;1-2/h2-13,15-25,27,29-47,55,66,69H,14,26,28H2,1H3;1-2H3/b59-47-,60-2+;. The maximum atomic E-state index is 4.06. The number of nitrogens with one attached hydrogen (secondary N) is 1. The molecule has 0 radical (unpaired) electrons. The minimum atomic E-state index is -0.535. The molecule has 8 aromatic carbocycles. The fourth-order valence-electron chi connectivity index (χ4n) is 12.4. The summed E-state index contributed by atoms with van der Waals surface area (Å²) in [4.78, 5) is 0. The van der Waals surface area contributed by atoms with Crippen molar-refractivity contribution < 1.29 is 0 Å². The van der Waals surface area contributed by atoms with Gasteiger partial charge in [0.05, 0.1) is 11.5 Å². The topological polar surface area (TPSA) is 12.0 Å². The van der Waals surface area contributed by atoms with E-state index in [-0.39, 0.29) is 17.4 Å². The van der Waals surface area contributed by atoms with Crippen LogP contribution in [0.25, 0.3) is 39.0 Å². The first-order valence-corrected chi connectivity index (χ1v) is 25.7. The first-order valence-electron chi connectivity index (χ1n) is 25.7. The van der Waals surface area contributed by atoms with Crippen molar-refractivity contribution in [2.45, 2.75) is 56.9 Å². The molecule has 8 aromatic rings. The van der Waals surface area contributed by atoms with Gasteiger partial charge < -0.3 is 5.32 Å². The Morgan fingerprint density at radius 1 is 0.493 bits per heavy atom. The average Bonchev–Trinajstić information content (AvgIpc) is 3.74. The zero-order valence-corrected chi connectivity index (χ0v) is 41.1. The molecule has 0 saturated carbocycles. The number of benzene rings is 8. The van der Waals surface area contributed by atoms with Crippen LogP contribution in [0.2, 0.25) is 0 Å². The maximum Gasteiger partial charge on any atom is 0.0716 e. The molecule has 4 aliphatic carbocycles. The molecule has 12 rings (SSSR count). The van der Waals surface area contributed by atoms with Gasteiger partial charge in [0.1, 0.15) is 0 Å². The second-order valence-electron chi connectivity index (χ2n) is 18.9. The molecule has 0 bridgehead atoms. The normalized spacial score (nSPS) is 20.9. The summed E-state index contributed by atoms with van der Waals surface area (Å²) in [5.74, 6) is 0.271. The van der Waals surface area contributed by atoms with Gasteiger partial charge in [0.25, 0.3) is 0 Å². The van der Waals surface area contributed by atoms with E-state index >= 15 is 0 Å². The lowest BCUT2D eigenvalue weighted by Gasteiger charge is -2.53. The van der Waals surface area contributed by atoms with Crippen molar-refractivity contribution in [1.29, 1.82) is 0 Å². The Morgan fingerprint density at radius 3 is 1.51 bits per heavy atom. The van der Waals surface area contributed by atoms with Crippen LogP contribution in [0.4, 0.5) is 5.69 Å². The van der Waals surface area contributed by atoms with Crippen LogP contribution in [0.3, 0.4) is 0 Å². The largest absolute Gasteiger partial charge is 0.375 e. The Balaban J connectivity index is 0.00000270. The molecule has 0 aromatic heterocycles. The lowest BCUT2D eigenvalue weighted by molar-refractivity contribution is 0.404. The second-order valence-corrected chi connectivity index (χ2v) is 18.9. The quantitative estimate of drug-likeness (QED) is 0.152. The first-order chi connectivity index (χ1) is 35.2. The number of fused-ring (bicyclic) bond motifs is 6. The molecular formula is C70H61N. The van der Waals surface area contributed by atoms with E-state index in [1.165, 1.54) is 89.0 Å². The van der Waals surface area contributed by atoms with Gasteiger partial charge in [-0.25, -0.2) is 0 Å². The predicted molar refractivity (Wildman–Crippen MR) is 301 cm³/mol. The third kappa shape index (κ3) is 7.81. The fourth-order valence-corrected chi connectivity index (χ4v) is 12.4. The van der Waals surface area contributed by atoms with Crippen molar-refractivity contribution in [1.82, 2.24) is 0 Å². The van der Waals surface area contributed by atoms with Gasteiger partial charge in [-0.1, -0.05) is 262 Å². The van der Waals surface area contributed by atoms with E-state index in [2.05, 4.69) is 273 Å². The second kappa shape index (κ2) is 19.8. The number of hydrogen-bond donors (Lipinski definition) is 1. The van der Waals surface area contributed by atoms with Crippen molar-refractivity contribution in [3.05, 3.63) is 311 Å². The lowest BCUT2D eigenvalue weighted by atomic mass is 9.48. The molecule has 0 fully saturated rings. The SMILES string of the molecule is C/C=C1\C(=C/C(Nc2ccc(-c3ccc(-c4ccccc4)cc3)cc2)c2ccc(-c3ccccc3)cc2)c2ccccc2C12c1ccccc1C(C1=CC=CCC1)(C1C=CC=CC1)c1ccccc12.CC. The third-order valence-electron chi connectivity index (χ3n) is 15.4. The van der Waals surface area contributed by atoms with Crippen LogP contribution < -0.4 is 5.32 Å². The highest BCUT2D eigenvalue weighted by atomic mass is 14.9. The zero-order chi connectivity index (χ0) is 48.2. The summed E-state index contributed by atoms with van der Waals surface area (Å²) >= 11 is 0. The minimum Gasteiger partial charge on any atom is -0.375 e. The van der Waals surface area contributed by atoms with Gasteiger partial charge in [0.15, 0.2) is 0 Å². The highest BCUT2D eigenvalue weighted by Gasteiger charge is 2.59. The van der Waals surface area contributed by atoms with Crippen molar-refractivity contribution in [2.75, 3.05) is 5.32 Å². The predicted octanol–water partition coefficient (Wildman–Crippen LogP) is 18.3. The van der Waals surface area contributed by atoms with Gasteiger partial charge >= 0.3 is 0 Å². The number of anilines is 1. The van der Waals surface area contributed by atoms with Gasteiger partial charge in [-0.05, 0) is 134 Å². The molecule has 0 amide bonds. The Morgan fingerprint density at radius 2 is 0.986 bits per heavy atom. The summed E-state index contributed by atoms with van der Waals surface area (Å²) in [6.45, 7) is 6.26. The van der Waals surface area contributed by atoms with Crippen LogP contribution >= 0.6 is 0 Å². The Labute approximate surface area is 421 Å². The van der Waals surface area contributed by atoms with E-state index in [1.807, 2.05) is 13.8 Å². The van der Waals surface area contributed by atoms with Crippen LogP contribution in [0.1, 0.15) is 85.0 Å². The van der Waals surface area contributed by atoms with Crippen molar-refractivity contribution in [2.24, 2.45) is 5.92 Å². The van der Waals surface area contributed by atoms with Gasteiger partial charge in [-0.3, -0.25) is 0 Å². The lowest BCUT2D eigenvalue weighted by Crippen LogP contribution is -2.48. The number of hydrogen-bond acceptors (Lipinski definition) is 1. The number of rotatable bonds is 9. The Bertz CT molecular complexity index is 3310. The van der Waals surface area contributed by atoms with E-state index in [9.17, 15) is 0 Å².